The van der Waals surface area contributed by atoms with Gasteiger partial charge >= 0.3 is 0 Å². The number of aromatic nitrogens is 2. The molecule has 2 N–H and O–H groups in total. The van der Waals surface area contributed by atoms with Gasteiger partial charge in [0.2, 0.25) is 0 Å². The van der Waals surface area contributed by atoms with Gasteiger partial charge in [-0.25, -0.2) is 4.98 Å². The van der Waals surface area contributed by atoms with Crippen LogP contribution < -0.4 is 10.9 Å². The zero-order chi connectivity index (χ0) is 14.8. The highest BCUT2D eigenvalue weighted by atomic mass is 16.3. The zero-order valence-electron chi connectivity index (χ0n) is 11.5. The van der Waals surface area contributed by atoms with E-state index in [1.54, 1.807) is 24.4 Å². The number of nitrogens with one attached hydrogen (secondary N) is 1. The second-order valence-electron chi connectivity index (χ2n) is 5.34. The number of amides is 1. The largest absolute Gasteiger partial charge is 0.391 e. The molecule has 0 aliphatic heterocycles. The van der Waals surface area contributed by atoms with Crippen molar-refractivity contribution in [2.45, 2.75) is 37.8 Å². The van der Waals surface area contributed by atoms with Crippen LogP contribution in [0.4, 0.5) is 0 Å². The summed E-state index contributed by atoms with van der Waals surface area (Å²) >= 11 is 0. The Kier molecular flexibility index (Phi) is 3.70. The summed E-state index contributed by atoms with van der Waals surface area (Å²) in [5.41, 5.74) is 0.0941. The number of aliphatic hydroxyl groups excluding tert-OH is 1. The third kappa shape index (κ3) is 2.67. The van der Waals surface area contributed by atoms with Gasteiger partial charge in [0, 0.05) is 12.4 Å². The molecule has 1 saturated carbocycles. The van der Waals surface area contributed by atoms with Crippen molar-refractivity contribution in [1.82, 2.24) is 14.7 Å². The Balaban J connectivity index is 1.88. The lowest BCUT2D eigenvalue weighted by molar-refractivity contribution is 0.0716. The molecule has 1 aliphatic rings. The molecule has 2 aromatic heterocycles. The molecule has 0 saturated heterocycles. The number of hydrogen-bond acceptors (Lipinski definition) is 4. The van der Waals surface area contributed by atoms with E-state index in [0.717, 1.165) is 19.3 Å². The van der Waals surface area contributed by atoms with E-state index < -0.39 is 17.6 Å². The van der Waals surface area contributed by atoms with Gasteiger partial charge < -0.3 is 10.4 Å². The van der Waals surface area contributed by atoms with Crippen LogP contribution in [0.1, 0.15) is 36.0 Å². The Morgan fingerprint density at radius 1 is 1.33 bits per heavy atom. The van der Waals surface area contributed by atoms with Gasteiger partial charge in [-0.05, 0) is 25.0 Å². The van der Waals surface area contributed by atoms with Gasteiger partial charge in [-0.3, -0.25) is 14.0 Å². The fraction of sp³-hybridized carbons (Fsp3) is 0.400. The molecule has 1 amide bonds. The van der Waals surface area contributed by atoms with Gasteiger partial charge in [0.25, 0.3) is 11.5 Å². The fourth-order valence-electron chi connectivity index (χ4n) is 2.71. The van der Waals surface area contributed by atoms with Crippen molar-refractivity contribution in [3.05, 3.63) is 46.5 Å². The Morgan fingerprint density at radius 2 is 2.14 bits per heavy atom. The summed E-state index contributed by atoms with van der Waals surface area (Å²) in [5, 5.41) is 12.6. The number of nitrogens with zero attached hydrogens (tertiary/aromatic N) is 2. The second kappa shape index (κ2) is 5.65. The monoisotopic (exact) mass is 287 g/mol. The highest BCUT2D eigenvalue weighted by Gasteiger charge is 2.26. The number of rotatable bonds is 2. The molecule has 6 nitrogen and oxygen atoms in total. The van der Waals surface area contributed by atoms with Crippen LogP contribution in [-0.2, 0) is 0 Å². The van der Waals surface area contributed by atoms with E-state index in [-0.39, 0.29) is 11.6 Å². The first-order valence-electron chi connectivity index (χ1n) is 7.12. The van der Waals surface area contributed by atoms with Crippen molar-refractivity contribution < 1.29 is 9.90 Å². The molecule has 1 aliphatic carbocycles. The predicted molar refractivity (Wildman–Crippen MR) is 77.2 cm³/mol. The second-order valence-corrected chi connectivity index (χ2v) is 5.34. The van der Waals surface area contributed by atoms with Gasteiger partial charge in [0.15, 0.2) is 0 Å². The summed E-state index contributed by atoms with van der Waals surface area (Å²) in [6, 6.07) is 4.90. The summed E-state index contributed by atoms with van der Waals surface area (Å²) in [6.07, 6.45) is 5.68. The molecule has 0 spiro atoms. The minimum atomic E-state index is -0.543. The summed E-state index contributed by atoms with van der Waals surface area (Å²) in [5.74, 6) is -0.475. The minimum absolute atomic E-state index is 0.00327. The first kappa shape index (κ1) is 13.8. The van der Waals surface area contributed by atoms with Crippen molar-refractivity contribution in [3.63, 3.8) is 0 Å². The third-order valence-corrected chi connectivity index (χ3v) is 3.90. The van der Waals surface area contributed by atoms with Crippen LogP contribution in [0.2, 0.25) is 0 Å². The van der Waals surface area contributed by atoms with E-state index >= 15 is 0 Å². The van der Waals surface area contributed by atoms with E-state index in [2.05, 4.69) is 10.3 Å². The molecule has 2 heterocycles. The molecule has 0 aromatic carbocycles. The molecule has 110 valence electrons. The molecule has 0 unspecified atom stereocenters. The van der Waals surface area contributed by atoms with Gasteiger partial charge in [0.05, 0.1) is 12.1 Å². The van der Waals surface area contributed by atoms with Crippen LogP contribution in [0.25, 0.3) is 5.65 Å². The van der Waals surface area contributed by atoms with Crippen LogP contribution in [0, 0.1) is 0 Å². The van der Waals surface area contributed by atoms with Crippen molar-refractivity contribution in [1.29, 1.82) is 0 Å². The molecular weight excluding hydrogens is 270 g/mol. The number of fused-ring (bicyclic) bond motifs is 1. The van der Waals surface area contributed by atoms with Crippen molar-refractivity contribution in [2.75, 3.05) is 0 Å². The van der Waals surface area contributed by atoms with Gasteiger partial charge in [0.1, 0.15) is 11.2 Å². The minimum Gasteiger partial charge on any atom is -0.391 e. The molecule has 6 heteroatoms. The molecule has 0 bridgehead atoms. The van der Waals surface area contributed by atoms with Crippen molar-refractivity contribution >= 4 is 11.6 Å². The quantitative estimate of drug-likeness (QED) is 0.853. The lowest BCUT2D eigenvalue weighted by Gasteiger charge is -2.28. The summed E-state index contributed by atoms with van der Waals surface area (Å²) in [4.78, 5) is 28.7. The number of pyridine rings is 1. The molecule has 3 rings (SSSR count). The zero-order valence-corrected chi connectivity index (χ0v) is 11.5. The van der Waals surface area contributed by atoms with E-state index in [1.807, 2.05) is 0 Å². The SMILES string of the molecule is O=C(N[C@@H]1CCCC[C@H]1O)c1cnc2ccccn2c1=O. The van der Waals surface area contributed by atoms with Crippen LogP contribution in [0.15, 0.2) is 35.4 Å². The lowest BCUT2D eigenvalue weighted by Crippen LogP contribution is -2.46. The van der Waals surface area contributed by atoms with E-state index in [1.165, 1.54) is 10.6 Å². The van der Waals surface area contributed by atoms with Crippen LogP contribution >= 0.6 is 0 Å². The summed E-state index contributed by atoms with van der Waals surface area (Å²) < 4.78 is 1.34. The van der Waals surface area contributed by atoms with Crippen LogP contribution in [0.3, 0.4) is 0 Å². The summed E-state index contributed by atoms with van der Waals surface area (Å²) in [6.45, 7) is 0. The number of aliphatic hydroxyl groups is 1. The lowest BCUT2D eigenvalue weighted by atomic mass is 9.92. The molecule has 2 atom stereocenters. The topological polar surface area (TPSA) is 83.7 Å². The first-order chi connectivity index (χ1) is 10.2. The van der Waals surface area contributed by atoms with Gasteiger partial charge in [-0.15, -0.1) is 0 Å². The Hall–Kier alpha value is -2.21. The normalized spacial score (nSPS) is 22.1. The third-order valence-electron chi connectivity index (χ3n) is 3.90. The first-order valence-corrected chi connectivity index (χ1v) is 7.12. The Bertz CT molecular complexity index is 725. The average Bonchev–Trinajstić information content (AvgIpc) is 2.50. The maximum atomic E-state index is 12.3. The highest BCUT2D eigenvalue weighted by molar-refractivity contribution is 5.94. The van der Waals surface area contributed by atoms with Crippen LogP contribution in [-0.4, -0.2) is 32.5 Å². The fourth-order valence-corrected chi connectivity index (χ4v) is 2.71. The van der Waals surface area contributed by atoms with Crippen molar-refractivity contribution in [2.24, 2.45) is 0 Å². The van der Waals surface area contributed by atoms with Crippen LogP contribution in [0.5, 0.6) is 0 Å². The van der Waals surface area contributed by atoms with Gasteiger partial charge in [-0.1, -0.05) is 18.9 Å². The maximum Gasteiger partial charge on any atom is 0.270 e. The Labute approximate surface area is 121 Å². The molecule has 21 heavy (non-hydrogen) atoms. The molecule has 2 aromatic rings. The standard InChI is InChI=1S/C15H17N3O3/c19-12-6-2-1-5-11(12)17-14(20)10-9-16-13-7-3-4-8-18(13)15(10)21/h3-4,7-9,11-12,19H,1-2,5-6H2,(H,17,20)/t11-,12-/m1/s1. The number of carbonyl (C=O) groups excluding carboxylic acids is 1. The van der Waals surface area contributed by atoms with E-state index in [4.69, 9.17) is 0 Å². The smallest absolute Gasteiger partial charge is 0.270 e. The van der Waals surface area contributed by atoms with Crippen molar-refractivity contribution in [3.8, 4) is 0 Å². The molecule has 0 radical (unpaired) electrons. The number of hydrogen-bond donors (Lipinski definition) is 2. The average molecular weight is 287 g/mol. The molecular formula is C15H17N3O3. The summed E-state index contributed by atoms with van der Waals surface area (Å²) in [7, 11) is 0. The van der Waals surface area contributed by atoms with E-state index in [0.29, 0.717) is 12.1 Å². The Morgan fingerprint density at radius 3 is 2.95 bits per heavy atom. The van der Waals surface area contributed by atoms with Gasteiger partial charge in [-0.2, -0.15) is 0 Å². The number of carbonyl (C=O) groups is 1. The predicted octanol–water partition coefficient (Wildman–Crippen LogP) is 0.728. The molecule has 1 fully saturated rings. The maximum absolute atomic E-state index is 12.3. The highest BCUT2D eigenvalue weighted by Crippen LogP contribution is 2.18. The van der Waals surface area contributed by atoms with E-state index in [9.17, 15) is 14.7 Å².